The van der Waals surface area contributed by atoms with Crippen molar-refractivity contribution in [2.24, 2.45) is 0 Å². The molecule has 0 aliphatic rings. The van der Waals surface area contributed by atoms with E-state index in [0.717, 1.165) is 26.7 Å². The molecule has 0 heterocycles. The molecule has 0 spiro atoms. The minimum Gasteiger partial charge on any atom is -0.508 e. The van der Waals surface area contributed by atoms with E-state index in [1.54, 1.807) is 24.3 Å². The van der Waals surface area contributed by atoms with Gasteiger partial charge in [-0.1, -0.05) is 54.6 Å². The lowest BCUT2D eigenvalue weighted by Crippen LogP contribution is -1.91. The van der Waals surface area contributed by atoms with Crippen molar-refractivity contribution < 1.29 is 9.50 Å². The van der Waals surface area contributed by atoms with Gasteiger partial charge in [0.2, 0.25) is 0 Å². The molecule has 0 saturated carbocycles. The third-order valence-corrected chi connectivity index (χ3v) is 4.39. The zero-order chi connectivity index (χ0) is 16.2. The Morgan fingerprint density at radius 2 is 1.22 bits per heavy atom. The summed E-state index contributed by atoms with van der Waals surface area (Å²) in [5, 5.41) is 9.53. The Kier molecular flexibility index (Phi) is 4.58. The second-order valence-electron chi connectivity index (χ2n) is 5.11. The van der Waals surface area contributed by atoms with E-state index in [4.69, 9.17) is 0 Å². The van der Waals surface area contributed by atoms with Crippen LogP contribution in [-0.4, -0.2) is 5.11 Å². The Hall–Kier alpha value is -2.39. The first-order valence-electron chi connectivity index (χ1n) is 7.15. The first-order chi connectivity index (χ1) is 11.1. The van der Waals surface area contributed by atoms with Crippen molar-refractivity contribution in [1.29, 1.82) is 0 Å². The van der Waals surface area contributed by atoms with Crippen LogP contribution in [0.25, 0.3) is 10.1 Å². The van der Waals surface area contributed by atoms with Crippen LogP contribution >= 0.6 is 15.9 Å². The van der Waals surface area contributed by atoms with Crippen LogP contribution in [0.3, 0.4) is 0 Å². The highest BCUT2D eigenvalue weighted by molar-refractivity contribution is 9.15. The fourth-order valence-electron chi connectivity index (χ4n) is 2.39. The van der Waals surface area contributed by atoms with Crippen molar-refractivity contribution in [3.8, 4) is 5.75 Å². The number of benzene rings is 3. The molecule has 3 rings (SSSR count). The van der Waals surface area contributed by atoms with Crippen LogP contribution < -0.4 is 0 Å². The van der Waals surface area contributed by atoms with Crippen molar-refractivity contribution in [3.05, 3.63) is 101 Å². The zero-order valence-corrected chi connectivity index (χ0v) is 13.8. The summed E-state index contributed by atoms with van der Waals surface area (Å²) in [5.74, 6) is -0.0426. The molecule has 3 aromatic carbocycles. The van der Waals surface area contributed by atoms with Gasteiger partial charge in [-0.3, -0.25) is 0 Å². The highest BCUT2D eigenvalue weighted by Gasteiger charge is 2.12. The highest BCUT2D eigenvalue weighted by Crippen LogP contribution is 2.36. The molecular weight excluding hydrogens is 355 g/mol. The van der Waals surface area contributed by atoms with Crippen molar-refractivity contribution in [2.75, 3.05) is 0 Å². The average molecular weight is 369 g/mol. The van der Waals surface area contributed by atoms with E-state index in [2.05, 4.69) is 15.9 Å². The molecule has 0 atom stereocenters. The Balaban J connectivity index is 2.20. The van der Waals surface area contributed by atoms with E-state index in [-0.39, 0.29) is 11.6 Å². The van der Waals surface area contributed by atoms with Crippen LogP contribution in [-0.2, 0) is 0 Å². The minimum atomic E-state index is -0.264. The molecule has 0 aliphatic heterocycles. The fraction of sp³-hybridized carbons (Fsp3) is 0. The monoisotopic (exact) mass is 368 g/mol. The summed E-state index contributed by atoms with van der Waals surface area (Å²) in [6, 6.07) is 23.3. The van der Waals surface area contributed by atoms with E-state index in [1.807, 2.05) is 42.5 Å². The van der Waals surface area contributed by atoms with E-state index >= 15 is 0 Å². The van der Waals surface area contributed by atoms with Gasteiger partial charge in [0.15, 0.2) is 0 Å². The van der Waals surface area contributed by atoms with Crippen LogP contribution in [0.4, 0.5) is 4.39 Å². The third kappa shape index (κ3) is 3.51. The first kappa shape index (κ1) is 15.5. The average Bonchev–Trinajstić information content (AvgIpc) is 2.58. The maximum Gasteiger partial charge on any atom is 0.123 e. The van der Waals surface area contributed by atoms with Gasteiger partial charge in [0.1, 0.15) is 11.6 Å². The van der Waals surface area contributed by atoms with Gasteiger partial charge in [0.25, 0.3) is 0 Å². The van der Waals surface area contributed by atoms with Crippen molar-refractivity contribution in [1.82, 2.24) is 0 Å². The molecule has 0 aromatic heterocycles. The minimum absolute atomic E-state index is 0.221. The molecular formula is C20H14BrFO. The number of rotatable bonds is 3. The molecule has 114 valence electrons. The number of halogens is 2. The Morgan fingerprint density at radius 3 is 1.83 bits per heavy atom. The van der Waals surface area contributed by atoms with Gasteiger partial charge in [0.05, 0.1) is 0 Å². The molecule has 0 radical (unpaired) electrons. The van der Waals surface area contributed by atoms with Crippen LogP contribution in [0, 0.1) is 5.82 Å². The topological polar surface area (TPSA) is 20.2 Å². The second-order valence-corrected chi connectivity index (χ2v) is 5.90. The van der Waals surface area contributed by atoms with Crippen molar-refractivity contribution >= 4 is 26.0 Å². The molecule has 1 nitrogen and oxygen atoms in total. The van der Waals surface area contributed by atoms with Gasteiger partial charge >= 0.3 is 0 Å². The maximum absolute atomic E-state index is 13.2. The van der Waals surface area contributed by atoms with Gasteiger partial charge in [-0.2, -0.15) is 0 Å². The normalized spacial score (nSPS) is 11.9. The summed E-state index contributed by atoms with van der Waals surface area (Å²) in [7, 11) is 0. The van der Waals surface area contributed by atoms with Crippen LogP contribution in [0.1, 0.15) is 16.7 Å². The van der Waals surface area contributed by atoms with E-state index < -0.39 is 0 Å². The van der Waals surface area contributed by atoms with Gasteiger partial charge in [-0.15, -0.1) is 0 Å². The number of phenols is 1. The summed E-state index contributed by atoms with van der Waals surface area (Å²) < 4.78 is 14.1. The summed E-state index contributed by atoms with van der Waals surface area (Å²) in [6.45, 7) is 0. The smallest absolute Gasteiger partial charge is 0.123 e. The summed E-state index contributed by atoms with van der Waals surface area (Å²) >= 11 is 3.66. The molecule has 0 saturated heterocycles. The zero-order valence-electron chi connectivity index (χ0n) is 12.2. The van der Waals surface area contributed by atoms with Crippen LogP contribution in [0.15, 0.2) is 78.9 Å². The van der Waals surface area contributed by atoms with Crippen LogP contribution in [0.2, 0.25) is 0 Å². The van der Waals surface area contributed by atoms with Crippen LogP contribution in [0.5, 0.6) is 5.75 Å². The Bertz CT molecular complexity index is 822. The highest BCUT2D eigenvalue weighted by atomic mass is 79.9. The van der Waals surface area contributed by atoms with Gasteiger partial charge in [0, 0.05) is 10.1 Å². The molecule has 0 bridgehead atoms. The lowest BCUT2D eigenvalue weighted by Gasteiger charge is -2.13. The number of hydrogen-bond donors (Lipinski definition) is 1. The Labute approximate surface area is 142 Å². The fourth-order valence-corrected chi connectivity index (χ4v) is 3.12. The lowest BCUT2D eigenvalue weighted by atomic mass is 9.95. The van der Waals surface area contributed by atoms with Gasteiger partial charge < -0.3 is 5.11 Å². The largest absolute Gasteiger partial charge is 0.508 e. The summed E-state index contributed by atoms with van der Waals surface area (Å²) in [4.78, 5) is 0. The predicted molar refractivity (Wildman–Crippen MR) is 95.8 cm³/mol. The lowest BCUT2D eigenvalue weighted by molar-refractivity contribution is 0.475. The summed E-state index contributed by atoms with van der Waals surface area (Å²) in [5.41, 5.74) is 3.87. The number of hydrogen-bond acceptors (Lipinski definition) is 1. The quantitative estimate of drug-likeness (QED) is 0.575. The van der Waals surface area contributed by atoms with E-state index in [0.29, 0.717) is 0 Å². The molecule has 3 heteroatoms. The molecule has 0 aliphatic carbocycles. The number of phenolic OH excluding ortho intramolecular Hbond substituents is 1. The van der Waals surface area contributed by atoms with E-state index in [9.17, 15) is 9.50 Å². The van der Waals surface area contributed by atoms with Gasteiger partial charge in [-0.25, -0.2) is 4.39 Å². The molecule has 0 unspecified atom stereocenters. The first-order valence-corrected chi connectivity index (χ1v) is 7.95. The Morgan fingerprint density at radius 1 is 0.696 bits per heavy atom. The standard InChI is InChI=1S/C20H14BrFO/c21-20(16-6-10-17(22)11-7-16)19(14-4-2-1-3-5-14)15-8-12-18(23)13-9-15/h1-13,23H/b20-19+. The summed E-state index contributed by atoms with van der Waals surface area (Å²) in [6.07, 6.45) is 0. The molecule has 23 heavy (non-hydrogen) atoms. The van der Waals surface area contributed by atoms with Crippen molar-refractivity contribution in [2.45, 2.75) is 0 Å². The SMILES string of the molecule is Oc1ccc(/C(=C(/Br)c2ccc(F)cc2)c2ccccc2)cc1. The molecule has 3 aromatic rings. The van der Waals surface area contributed by atoms with Gasteiger partial charge in [-0.05, 0) is 56.9 Å². The maximum atomic E-state index is 13.2. The predicted octanol–water partition coefficient (Wildman–Crippen LogP) is 5.84. The number of aromatic hydroxyl groups is 1. The van der Waals surface area contributed by atoms with Crippen molar-refractivity contribution in [3.63, 3.8) is 0 Å². The third-order valence-electron chi connectivity index (χ3n) is 3.54. The molecule has 1 N–H and O–H groups in total. The molecule has 0 amide bonds. The van der Waals surface area contributed by atoms with E-state index in [1.165, 1.54) is 12.1 Å². The second kappa shape index (κ2) is 6.80. The molecule has 0 fully saturated rings.